The molecule has 1 amide bonds. The van der Waals surface area contributed by atoms with E-state index in [1.54, 1.807) is 37.5 Å². The average Bonchev–Trinajstić information content (AvgIpc) is 3.22. The summed E-state index contributed by atoms with van der Waals surface area (Å²) in [6.45, 7) is 7.89. The number of methoxy groups -OCH3 is 1. The van der Waals surface area contributed by atoms with Gasteiger partial charge in [-0.05, 0) is 49.7 Å². The van der Waals surface area contributed by atoms with E-state index in [4.69, 9.17) is 9.47 Å². The van der Waals surface area contributed by atoms with Gasteiger partial charge in [-0.3, -0.25) is 9.36 Å². The summed E-state index contributed by atoms with van der Waals surface area (Å²) >= 11 is 1.20. The van der Waals surface area contributed by atoms with Crippen molar-refractivity contribution in [1.82, 2.24) is 14.8 Å². The molecule has 7 nitrogen and oxygen atoms in total. The molecule has 2 aromatic carbocycles. The largest absolute Gasteiger partial charge is 0.497 e. The molecule has 2 atom stereocenters. The number of amides is 1. The number of ether oxygens (including phenoxy) is 2. The summed E-state index contributed by atoms with van der Waals surface area (Å²) < 4.78 is 40.1. The summed E-state index contributed by atoms with van der Waals surface area (Å²) in [5.74, 6) is -0.0446. The molecule has 180 valence electrons. The van der Waals surface area contributed by atoms with E-state index < -0.39 is 28.9 Å². The quantitative estimate of drug-likeness (QED) is 0.288. The highest BCUT2D eigenvalue weighted by atomic mass is 32.2. The number of allylic oxidation sites excluding steroid dienone is 1. The molecule has 1 heterocycles. The van der Waals surface area contributed by atoms with Crippen molar-refractivity contribution in [3.05, 3.63) is 72.6 Å². The lowest BCUT2D eigenvalue weighted by Gasteiger charge is -2.18. The lowest BCUT2D eigenvalue weighted by atomic mass is 10.2. The molecule has 34 heavy (non-hydrogen) atoms. The van der Waals surface area contributed by atoms with Crippen LogP contribution in [0.4, 0.5) is 14.5 Å². The van der Waals surface area contributed by atoms with Crippen molar-refractivity contribution in [2.24, 2.45) is 0 Å². The van der Waals surface area contributed by atoms with Gasteiger partial charge < -0.3 is 14.8 Å². The zero-order valence-corrected chi connectivity index (χ0v) is 19.9. The maximum absolute atomic E-state index is 14.0. The van der Waals surface area contributed by atoms with Crippen molar-refractivity contribution in [3.8, 4) is 11.5 Å². The normalized spacial score (nSPS) is 12.6. The van der Waals surface area contributed by atoms with E-state index in [2.05, 4.69) is 22.1 Å². The van der Waals surface area contributed by atoms with Gasteiger partial charge in [-0.1, -0.05) is 24.8 Å². The van der Waals surface area contributed by atoms with Gasteiger partial charge in [0.2, 0.25) is 5.91 Å². The van der Waals surface area contributed by atoms with Gasteiger partial charge in [0.05, 0.1) is 18.0 Å². The van der Waals surface area contributed by atoms with Crippen molar-refractivity contribution in [2.75, 3.05) is 12.4 Å². The first-order valence-corrected chi connectivity index (χ1v) is 11.5. The molecule has 0 saturated heterocycles. The van der Waals surface area contributed by atoms with E-state index in [0.717, 1.165) is 17.9 Å². The van der Waals surface area contributed by atoms with Crippen molar-refractivity contribution >= 4 is 23.4 Å². The van der Waals surface area contributed by atoms with Crippen LogP contribution < -0.4 is 14.8 Å². The number of aromatic nitrogens is 3. The van der Waals surface area contributed by atoms with Crippen LogP contribution in [0.5, 0.6) is 11.5 Å². The molecule has 0 bridgehead atoms. The van der Waals surface area contributed by atoms with Crippen LogP contribution in [0.1, 0.15) is 32.2 Å². The Hall–Kier alpha value is -3.40. The van der Waals surface area contributed by atoms with Gasteiger partial charge in [-0.15, -0.1) is 16.8 Å². The first-order chi connectivity index (χ1) is 16.4. The van der Waals surface area contributed by atoms with Crippen LogP contribution in [0.2, 0.25) is 0 Å². The van der Waals surface area contributed by atoms with Crippen molar-refractivity contribution in [1.29, 1.82) is 0 Å². The SMILES string of the molecule is C=CCn1c(SC(CC)C(=O)Nc2ccc(F)cc2F)nnc1C(C)Oc1ccc(OC)cc1. The molecule has 10 heteroatoms. The summed E-state index contributed by atoms with van der Waals surface area (Å²) in [6, 6.07) is 10.2. The van der Waals surface area contributed by atoms with E-state index in [0.29, 0.717) is 29.7 Å². The fourth-order valence-electron chi connectivity index (χ4n) is 3.15. The number of hydrogen-bond donors (Lipinski definition) is 1. The van der Waals surface area contributed by atoms with E-state index in [-0.39, 0.29) is 5.69 Å². The number of rotatable bonds is 11. The Morgan fingerprint density at radius 2 is 1.91 bits per heavy atom. The number of thioether (sulfide) groups is 1. The third-order valence-electron chi connectivity index (χ3n) is 4.89. The van der Waals surface area contributed by atoms with E-state index >= 15 is 0 Å². The van der Waals surface area contributed by atoms with Crippen LogP contribution >= 0.6 is 11.8 Å². The smallest absolute Gasteiger partial charge is 0.238 e. The van der Waals surface area contributed by atoms with Gasteiger partial charge >= 0.3 is 0 Å². The molecule has 0 aliphatic heterocycles. The molecular formula is C24H26F2N4O3S. The second kappa shape index (κ2) is 11.6. The predicted molar refractivity (Wildman–Crippen MR) is 127 cm³/mol. The van der Waals surface area contributed by atoms with Crippen molar-refractivity contribution < 1.29 is 23.0 Å². The molecule has 2 unspecified atom stereocenters. The highest BCUT2D eigenvalue weighted by Gasteiger charge is 2.25. The first-order valence-electron chi connectivity index (χ1n) is 10.6. The molecule has 0 fully saturated rings. The Balaban J connectivity index is 1.76. The van der Waals surface area contributed by atoms with E-state index in [1.165, 1.54) is 17.8 Å². The topological polar surface area (TPSA) is 78.3 Å². The molecule has 0 aliphatic rings. The molecule has 3 aromatic rings. The third-order valence-corrected chi connectivity index (χ3v) is 6.24. The Morgan fingerprint density at radius 1 is 1.21 bits per heavy atom. The molecule has 0 saturated carbocycles. The van der Waals surface area contributed by atoms with Crippen LogP contribution in [0.3, 0.4) is 0 Å². The fourth-order valence-corrected chi connectivity index (χ4v) is 4.12. The molecule has 1 N–H and O–H groups in total. The summed E-state index contributed by atoms with van der Waals surface area (Å²) in [7, 11) is 1.59. The van der Waals surface area contributed by atoms with Gasteiger partial charge in [0, 0.05) is 12.6 Å². The van der Waals surface area contributed by atoms with Gasteiger partial charge in [-0.25, -0.2) is 8.78 Å². The monoisotopic (exact) mass is 488 g/mol. The molecular weight excluding hydrogens is 462 g/mol. The van der Waals surface area contributed by atoms with Gasteiger partial charge in [0.15, 0.2) is 17.1 Å². The average molecular weight is 489 g/mol. The van der Waals surface area contributed by atoms with Crippen molar-refractivity contribution in [2.45, 2.75) is 43.3 Å². The Bertz CT molecular complexity index is 1140. The number of carbonyl (C=O) groups is 1. The highest BCUT2D eigenvalue weighted by molar-refractivity contribution is 8.00. The highest BCUT2D eigenvalue weighted by Crippen LogP contribution is 2.30. The maximum atomic E-state index is 14.0. The summed E-state index contributed by atoms with van der Waals surface area (Å²) in [5, 5.41) is 11.0. The predicted octanol–water partition coefficient (Wildman–Crippen LogP) is 5.40. The fraction of sp³-hybridized carbons (Fsp3) is 0.292. The maximum Gasteiger partial charge on any atom is 0.238 e. The number of hydrogen-bond acceptors (Lipinski definition) is 6. The number of nitrogens with one attached hydrogen (secondary N) is 1. The standard InChI is InChI=1S/C24H26F2N4O3S/c1-5-13-30-22(15(3)33-18-10-8-17(32-4)9-11-18)28-29-24(30)34-21(6-2)23(31)27-20-12-7-16(25)14-19(20)26/h5,7-12,14-15,21H,1,6,13H2,2-4H3,(H,27,31). The second-order valence-corrected chi connectivity index (χ2v) is 8.47. The minimum Gasteiger partial charge on any atom is -0.497 e. The molecule has 0 aliphatic carbocycles. The number of benzene rings is 2. The summed E-state index contributed by atoms with van der Waals surface area (Å²) in [5.41, 5.74) is -0.0831. The lowest BCUT2D eigenvalue weighted by molar-refractivity contribution is -0.115. The molecule has 1 aromatic heterocycles. The zero-order chi connectivity index (χ0) is 24.7. The number of halogens is 2. The number of nitrogens with zero attached hydrogens (tertiary/aromatic N) is 3. The van der Waals surface area contributed by atoms with Gasteiger partial charge in [-0.2, -0.15) is 0 Å². The van der Waals surface area contributed by atoms with E-state index in [9.17, 15) is 13.6 Å². The molecule has 0 radical (unpaired) electrons. The minimum absolute atomic E-state index is 0.0831. The third kappa shape index (κ3) is 6.13. The summed E-state index contributed by atoms with van der Waals surface area (Å²) in [4.78, 5) is 12.8. The number of anilines is 1. The Kier molecular flexibility index (Phi) is 8.64. The van der Waals surface area contributed by atoms with E-state index in [1.807, 2.05) is 18.4 Å². The van der Waals surface area contributed by atoms with Crippen LogP contribution in [0.25, 0.3) is 0 Å². The Morgan fingerprint density at radius 3 is 2.53 bits per heavy atom. The van der Waals surface area contributed by atoms with Gasteiger partial charge in [0.25, 0.3) is 0 Å². The second-order valence-electron chi connectivity index (χ2n) is 7.30. The minimum atomic E-state index is -0.838. The lowest BCUT2D eigenvalue weighted by Crippen LogP contribution is -2.25. The van der Waals surface area contributed by atoms with Crippen LogP contribution in [0.15, 0.2) is 60.3 Å². The van der Waals surface area contributed by atoms with Crippen molar-refractivity contribution in [3.63, 3.8) is 0 Å². The Labute approximate surface area is 201 Å². The summed E-state index contributed by atoms with van der Waals surface area (Å²) in [6.07, 6.45) is 1.72. The van der Waals surface area contributed by atoms with Crippen LogP contribution in [-0.4, -0.2) is 33.0 Å². The molecule has 0 spiro atoms. The van der Waals surface area contributed by atoms with Crippen LogP contribution in [-0.2, 0) is 11.3 Å². The van der Waals surface area contributed by atoms with Crippen LogP contribution in [0, 0.1) is 11.6 Å². The zero-order valence-electron chi connectivity index (χ0n) is 19.1. The number of carbonyl (C=O) groups excluding carboxylic acids is 1. The van der Waals surface area contributed by atoms with Gasteiger partial charge in [0.1, 0.15) is 23.1 Å². The molecule has 3 rings (SSSR count). The first kappa shape index (κ1) is 25.2.